The van der Waals surface area contributed by atoms with Crippen molar-refractivity contribution in [1.29, 1.82) is 0 Å². The predicted molar refractivity (Wildman–Crippen MR) is 72.0 cm³/mol. The summed E-state index contributed by atoms with van der Waals surface area (Å²) in [4.78, 5) is 10.9. The molecule has 0 fully saturated rings. The van der Waals surface area contributed by atoms with Crippen LogP contribution < -0.4 is 0 Å². The minimum atomic E-state index is -2.13. The van der Waals surface area contributed by atoms with Gasteiger partial charge in [-0.25, -0.2) is 0 Å². The van der Waals surface area contributed by atoms with Crippen LogP contribution in [-0.4, -0.2) is 14.8 Å². The number of carbonyl (C=O) groups excluding carboxylic acids is 1. The second-order valence-electron chi connectivity index (χ2n) is 7.14. The SMILES string of the molecule is CC(C)C[Si](OC=O)(C(C)(C)C)C(C)(C)C. The van der Waals surface area contributed by atoms with Crippen LogP contribution in [-0.2, 0) is 9.22 Å². The van der Waals surface area contributed by atoms with Gasteiger partial charge >= 0.3 is 0 Å². The largest absolute Gasteiger partial charge is 0.520 e. The van der Waals surface area contributed by atoms with Crippen LogP contribution in [0.3, 0.4) is 0 Å². The molecule has 16 heavy (non-hydrogen) atoms. The molecule has 0 aliphatic carbocycles. The highest BCUT2D eigenvalue weighted by Crippen LogP contribution is 2.54. The van der Waals surface area contributed by atoms with E-state index in [9.17, 15) is 4.79 Å². The minimum absolute atomic E-state index is 0.0659. The third-order valence-corrected chi connectivity index (χ3v) is 10.1. The maximum Gasteiger partial charge on any atom is 0.279 e. The van der Waals surface area contributed by atoms with Crippen molar-refractivity contribution in [2.24, 2.45) is 5.92 Å². The quantitative estimate of drug-likeness (QED) is 0.542. The smallest absolute Gasteiger partial charge is 0.279 e. The zero-order chi connectivity index (χ0) is 13.2. The maximum absolute atomic E-state index is 10.9. The average molecular weight is 244 g/mol. The Labute approximate surface area is 102 Å². The van der Waals surface area contributed by atoms with Gasteiger partial charge in [0.2, 0.25) is 0 Å². The Hall–Kier alpha value is -0.313. The van der Waals surface area contributed by atoms with Gasteiger partial charge in [-0.3, -0.25) is 4.79 Å². The van der Waals surface area contributed by atoms with Crippen LogP contribution in [0.5, 0.6) is 0 Å². The molecule has 0 saturated heterocycles. The first-order chi connectivity index (χ1) is 6.98. The average Bonchev–Trinajstić information content (AvgIpc) is 1.98. The van der Waals surface area contributed by atoms with E-state index in [1.165, 1.54) is 0 Å². The van der Waals surface area contributed by atoms with E-state index < -0.39 is 8.32 Å². The highest BCUT2D eigenvalue weighted by molar-refractivity contribution is 6.80. The van der Waals surface area contributed by atoms with E-state index in [0.717, 1.165) is 6.04 Å². The van der Waals surface area contributed by atoms with Crippen molar-refractivity contribution in [3.8, 4) is 0 Å². The molecule has 0 amide bonds. The molecule has 0 unspecified atom stereocenters. The lowest BCUT2D eigenvalue weighted by atomic mass is 10.2. The van der Waals surface area contributed by atoms with Gasteiger partial charge in [-0.15, -0.1) is 0 Å². The Balaban J connectivity index is 5.49. The summed E-state index contributed by atoms with van der Waals surface area (Å²) in [6, 6.07) is 1.03. The van der Waals surface area contributed by atoms with E-state index in [2.05, 4.69) is 55.4 Å². The fourth-order valence-electron chi connectivity index (χ4n) is 2.80. The second kappa shape index (κ2) is 4.90. The van der Waals surface area contributed by atoms with Crippen molar-refractivity contribution in [3.05, 3.63) is 0 Å². The third-order valence-electron chi connectivity index (χ3n) is 3.37. The summed E-state index contributed by atoms with van der Waals surface area (Å²) in [5.74, 6) is 0.560. The van der Waals surface area contributed by atoms with Gasteiger partial charge in [-0.05, 0) is 22.0 Å². The van der Waals surface area contributed by atoms with Crippen LogP contribution in [0.4, 0.5) is 0 Å². The van der Waals surface area contributed by atoms with Crippen LogP contribution >= 0.6 is 0 Å². The Morgan fingerprint density at radius 2 is 1.44 bits per heavy atom. The molecule has 0 atom stereocenters. The summed E-state index contributed by atoms with van der Waals surface area (Å²) in [6.07, 6.45) is 0. The van der Waals surface area contributed by atoms with Crippen LogP contribution in [0, 0.1) is 5.92 Å². The van der Waals surface area contributed by atoms with Gasteiger partial charge in [0.25, 0.3) is 14.8 Å². The maximum atomic E-state index is 10.9. The van der Waals surface area contributed by atoms with E-state index in [-0.39, 0.29) is 10.1 Å². The Kier molecular flexibility index (Phi) is 4.81. The highest BCUT2D eigenvalue weighted by atomic mass is 28.4. The normalized spacial score (nSPS) is 14.1. The molecule has 3 heteroatoms. The standard InChI is InChI=1S/C13H28O2Si/c1-11(2)9-16(15-10-14,12(3,4)5)13(6,7)8/h10-11H,9H2,1-8H3. The molecule has 0 aliphatic heterocycles. The molecule has 96 valence electrons. The van der Waals surface area contributed by atoms with Crippen molar-refractivity contribution >= 4 is 14.8 Å². The number of carbonyl (C=O) groups is 1. The Morgan fingerprint density at radius 3 is 1.62 bits per heavy atom. The van der Waals surface area contributed by atoms with E-state index in [4.69, 9.17) is 4.43 Å². The summed E-state index contributed by atoms with van der Waals surface area (Å²) >= 11 is 0. The second-order valence-corrected chi connectivity index (χ2v) is 12.4. The molecule has 0 radical (unpaired) electrons. The van der Waals surface area contributed by atoms with Gasteiger partial charge in [0.05, 0.1) is 0 Å². The van der Waals surface area contributed by atoms with Crippen LogP contribution in [0.2, 0.25) is 16.1 Å². The fraction of sp³-hybridized carbons (Fsp3) is 0.923. The highest BCUT2D eigenvalue weighted by Gasteiger charge is 2.56. The topological polar surface area (TPSA) is 26.3 Å². The number of hydrogen-bond acceptors (Lipinski definition) is 2. The van der Waals surface area contributed by atoms with Gasteiger partial charge < -0.3 is 4.43 Å². The van der Waals surface area contributed by atoms with Crippen molar-refractivity contribution < 1.29 is 9.22 Å². The predicted octanol–water partition coefficient (Wildman–Crippen LogP) is 4.36. The van der Waals surface area contributed by atoms with Crippen LogP contribution in [0.25, 0.3) is 0 Å². The molecule has 0 saturated carbocycles. The van der Waals surface area contributed by atoms with E-state index in [1.54, 1.807) is 0 Å². The molecule has 0 aromatic heterocycles. The third kappa shape index (κ3) is 3.09. The first-order valence-electron chi connectivity index (χ1n) is 6.09. The fourth-order valence-corrected chi connectivity index (χ4v) is 8.39. The molecule has 2 nitrogen and oxygen atoms in total. The van der Waals surface area contributed by atoms with Crippen molar-refractivity contribution in [1.82, 2.24) is 0 Å². The molecule has 0 spiro atoms. The summed E-state index contributed by atoms with van der Waals surface area (Å²) in [5.41, 5.74) is 0. The van der Waals surface area contributed by atoms with Gasteiger partial charge in [-0.1, -0.05) is 55.4 Å². The lowest BCUT2D eigenvalue weighted by Gasteiger charge is -2.49. The zero-order valence-electron chi connectivity index (χ0n) is 12.2. The molecule has 0 rings (SSSR count). The number of hydrogen-bond donors (Lipinski definition) is 0. The molecular weight excluding hydrogens is 216 g/mol. The van der Waals surface area contributed by atoms with Crippen molar-refractivity contribution in [2.45, 2.75) is 71.5 Å². The van der Waals surface area contributed by atoms with Gasteiger partial charge in [0.1, 0.15) is 0 Å². The van der Waals surface area contributed by atoms with Gasteiger partial charge in [-0.2, -0.15) is 0 Å². The summed E-state index contributed by atoms with van der Waals surface area (Å²) in [7, 11) is -2.13. The molecular formula is C13H28O2Si. The first-order valence-corrected chi connectivity index (χ1v) is 8.21. The van der Waals surface area contributed by atoms with Gasteiger partial charge in [0.15, 0.2) is 0 Å². The molecule has 0 aromatic carbocycles. The lowest BCUT2D eigenvalue weighted by molar-refractivity contribution is -0.122. The molecule has 0 N–H and O–H groups in total. The first kappa shape index (κ1) is 15.7. The summed E-state index contributed by atoms with van der Waals surface area (Å²) in [6.45, 7) is 18.3. The van der Waals surface area contributed by atoms with E-state index in [0.29, 0.717) is 12.4 Å². The molecule has 0 aliphatic rings. The van der Waals surface area contributed by atoms with Gasteiger partial charge in [0, 0.05) is 0 Å². The molecule has 0 bridgehead atoms. The van der Waals surface area contributed by atoms with E-state index in [1.807, 2.05) is 0 Å². The summed E-state index contributed by atoms with van der Waals surface area (Å²) in [5, 5.41) is 0.132. The zero-order valence-corrected chi connectivity index (χ0v) is 13.2. The lowest BCUT2D eigenvalue weighted by Crippen LogP contribution is -2.55. The monoisotopic (exact) mass is 244 g/mol. The molecule has 0 aromatic rings. The Bertz CT molecular complexity index is 219. The summed E-state index contributed by atoms with van der Waals surface area (Å²) < 4.78 is 5.73. The van der Waals surface area contributed by atoms with E-state index >= 15 is 0 Å². The minimum Gasteiger partial charge on any atom is -0.520 e. The number of rotatable bonds is 4. The van der Waals surface area contributed by atoms with Crippen molar-refractivity contribution in [2.75, 3.05) is 0 Å². The Morgan fingerprint density at radius 1 is 1.06 bits per heavy atom. The van der Waals surface area contributed by atoms with Crippen LogP contribution in [0.1, 0.15) is 55.4 Å². The van der Waals surface area contributed by atoms with Crippen molar-refractivity contribution in [3.63, 3.8) is 0 Å². The van der Waals surface area contributed by atoms with Crippen LogP contribution in [0.15, 0.2) is 0 Å². The molecule has 0 heterocycles.